The molecule has 0 fully saturated rings. The van der Waals surface area contributed by atoms with Gasteiger partial charge in [0.2, 0.25) is 5.82 Å². The Hall–Kier alpha value is -3.48. The summed E-state index contributed by atoms with van der Waals surface area (Å²) in [7, 11) is 0. The average Bonchev–Trinajstić information content (AvgIpc) is 3.16. The monoisotopic (exact) mass is 362 g/mol. The smallest absolute Gasteiger partial charge is 0.316 e. The van der Waals surface area contributed by atoms with Crippen LogP contribution in [0, 0.1) is 6.92 Å². The lowest BCUT2D eigenvalue weighted by molar-refractivity contribution is 0.432. The molecule has 0 amide bonds. The number of nitrogens with one attached hydrogen (secondary N) is 1. The van der Waals surface area contributed by atoms with Crippen molar-refractivity contribution in [3.05, 3.63) is 68.7 Å². The third kappa shape index (κ3) is 3.08. The summed E-state index contributed by atoms with van der Waals surface area (Å²) in [6, 6.07) is 13.2. The fraction of sp³-hybridized carbons (Fsp3) is 0.200. The molecule has 0 aliphatic carbocycles. The molecule has 7 heteroatoms. The van der Waals surface area contributed by atoms with Gasteiger partial charge in [0.15, 0.2) is 0 Å². The van der Waals surface area contributed by atoms with E-state index >= 15 is 0 Å². The minimum atomic E-state index is -0.637. The fourth-order valence-corrected chi connectivity index (χ4v) is 3.02. The number of rotatable bonds is 4. The summed E-state index contributed by atoms with van der Waals surface area (Å²) in [5.74, 6) is 0.844. The maximum Gasteiger partial charge on any atom is 0.316 e. The Kier molecular flexibility index (Phi) is 4.19. The molecule has 0 saturated carbocycles. The topological polar surface area (TPSA) is 93.8 Å². The number of H-pyrrole nitrogens is 1. The van der Waals surface area contributed by atoms with Crippen LogP contribution >= 0.6 is 0 Å². The van der Waals surface area contributed by atoms with Crippen LogP contribution in [0.3, 0.4) is 0 Å². The second-order valence-electron chi connectivity index (χ2n) is 6.43. The zero-order chi connectivity index (χ0) is 19.0. The molecule has 4 rings (SSSR count). The molecule has 4 aromatic rings. The van der Waals surface area contributed by atoms with E-state index in [0.717, 1.165) is 17.5 Å². The minimum absolute atomic E-state index is 0.418. The second kappa shape index (κ2) is 6.68. The average molecular weight is 362 g/mol. The Morgan fingerprint density at radius 1 is 1.07 bits per heavy atom. The molecule has 7 nitrogen and oxygen atoms in total. The van der Waals surface area contributed by atoms with Crippen molar-refractivity contribution in [2.45, 2.75) is 26.8 Å². The van der Waals surface area contributed by atoms with E-state index in [9.17, 15) is 9.59 Å². The number of fused-ring (bicyclic) bond motifs is 1. The Balaban J connectivity index is 1.79. The van der Waals surface area contributed by atoms with Crippen LogP contribution in [0.5, 0.6) is 0 Å². The van der Waals surface area contributed by atoms with Crippen LogP contribution < -0.4 is 11.1 Å². The number of hydrogen-bond acceptors (Lipinski definition) is 5. The van der Waals surface area contributed by atoms with Crippen LogP contribution in [0.25, 0.3) is 33.9 Å². The molecular weight excluding hydrogens is 344 g/mol. The van der Waals surface area contributed by atoms with E-state index in [0.29, 0.717) is 34.9 Å². The highest BCUT2D eigenvalue weighted by Crippen LogP contribution is 2.24. The van der Waals surface area contributed by atoms with Crippen molar-refractivity contribution in [3.63, 3.8) is 0 Å². The summed E-state index contributed by atoms with van der Waals surface area (Å²) in [4.78, 5) is 31.1. The van der Waals surface area contributed by atoms with Gasteiger partial charge in [0.25, 0.3) is 5.89 Å². The summed E-state index contributed by atoms with van der Waals surface area (Å²) in [5.41, 5.74) is 2.74. The largest absolute Gasteiger partial charge is 0.334 e. The van der Waals surface area contributed by atoms with Gasteiger partial charge < -0.3 is 14.1 Å². The standard InChI is InChI=1S/C20H18N4O3/c1-3-10-24-16-9-8-14(11-15(16)21-18(25)20(24)26)17-22-19(27-23-17)13-6-4-12(2)5-7-13/h4-9,11H,3,10H2,1-2H3,(H,21,25). The van der Waals surface area contributed by atoms with Crippen molar-refractivity contribution in [1.29, 1.82) is 0 Å². The van der Waals surface area contributed by atoms with Crippen molar-refractivity contribution in [2.24, 2.45) is 0 Å². The van der Waals surface area contributed by atoms with E-state index in [1.807, 2.05) is 44.2 Å². The molecule has 0 aliphatic rings. The molecule has 0 unspecified atom stereocenters. The third-order valence-electron chi connectivity index (χ3n) is 4.40. The number of aromatic nitrogens is 4. The zero-order valence-electron chi connectivity index (χ0n) is 15.0. The van der Waals surface area contributed by atoms with Crippen LogP contribution in [0.4, 0.5) is 0 Å². The summed E-state index contributed by atoms with van der Waals surface area (Å²) >= 11 is 0. The van der Waals surface area contributed by atoms with E-state index in [1.54, 1.807) is 12.1 Å². The van der Waals surface area contributed by atoms with E-state index in [1.165, 1.54) is 4.57 Å². The van der Waals surface area contributed by atoms with E-state index in [-0.39, 0.29) is 0 Å². The van der Waals surface area contributed by atoms with Gasteiger partial charge >= 0.3 is 11.1 Å². The Morgan fingerprint density at radius 2 is 1.81 bits per heavy atom. The number of nitrogens with zero attached hydrogens (tertiary/aromatic N) is 3. The highest BCUT2D eigenvalue weighted by Gasteiger charge is 2.13. The first-order valence-corrected chi connectivity index (χ1v) is 8.75. The van der Waals surface area contributed by atoms with Gasteiger partial charge in [0, 0.05) is 17.7 Å². The minimum Gasteiger partial charge on any atom is -0.334 e. The summed E-state index contributed by atoms with van der Waals surface area (Å²) < 4.78 is 6.87. The van der Waals surface area contributed by atoms with Crippen molar-refractivity contribution in [3.8, 4) is 22.8 Å². The molecule has 0 aliphatic heterocycles. The summed E-state index contributed by atoms with van der Waals surface area (Å²) in [6.45, 7) is 4.45. The lowest BCUT2D eigenvalue weighted by Crippen LogP contribution is -2.36. The number of hydrogen-bond donors (Lipinski definition) is 1. The van der Waals surface area contributed by atoms with Gasteiger partial charge in [0.05, 0.1) is 11.0 Å². The highest BCUT2D eigenvalue weighted by molar-refractivity contribution is 5.80. The molecule has 136 valence electrons. The molecular formula is C20H18N4O3. The summed E-state index contributed by atoms with van der Waals surface area (Å²) in [5, 5.41) is 4.04. The SMILES string of the molecule is CCCn1c(=O)c(=O)[nH]c2cc(-c3noc(-c4ccc(C)cc4)n3)ccc21. The molecule has 27 heavy (non-hydrogen) atoms. The van der Waals surface area contributed by atoms with Gasteiger partial charge in [-0.3, -0.25) is 9.59 Å². The second-order valence-corrected chi connectivity index (χ2v) is 6.43. The summed E-state index contributed by atoms with van der Waals surface area (Å²) in [6.07, 6.45) is 0.755. The first-order chi connectivity index (χ1) is 13.1. The van der Waals surface area contributed by atoms with Crippen LogP contribution in [0.2, 0.25) is 0 Å². The van der Waals surface area contributed by atoms with Crippen molar-refractivity contribution in [2.75, 3.05) is 0 Å². The van der Waals surface area contributed by atoms with Gasteiger partial charge in [-0.15, -0.1) is 0 Å². The molecule has 0 spiro atoms. The van der Waals surface area contributed by atoms with E-state index < -0.39 is 11.1 Å². The Morgan fingerprint density at radius 3 is 2.56 bits per heavy atom. The zero-order valence-corrected chi connectivity index (χ0v) is 15.0. The molecule has 0 saturated heterocycles. The van der Waals surface area contributed by atoms with Crippen molar-refractivity contribution >= 4 is 11.0 Å². The molecule has 2 aromatic heterocycles. The fourth-order valence-electron chi connectivity index (χ4n) is 3.02. The van der Waals surface area contributed by atoms with Crippen LogP contribution in [-0.2, 0) is 6.54 Å². The lowest BCUT2D eigenvalue weighted by atomic mass is 10.1. The maximum atomic E-state index is 12.1. The predicted molar refractivity (Wildman–Crippen MR) is 103 cm³/mol. The van der Waals surface area contributed by atoms with Gasteiger partial charge in [-0.1, -0.05) is 29.8 Å². The Bertz CT molecular complexity index is 1230. The predicted octanol–water partition coefficient (Wildman–Crippen LogP) is 3.13. The maximum absolute atomic E-state index is 12.1. The lowest BCUT2D eigenvalue weighted by Gasteiger charge is -2.08. The van der Waals surface area contributed by atoms with Crippen LogP contribution in [0.15, 0.2) is 56.6 Å². The number of aryl methyl sites for hydroxylation is 2. The van der Waals surface area contributed by atoms with Crippen LogP contribution in [-0.4, -0.2) is 19.7 Å². The van der Waals surface area contributed by atoms with Gasteiger partial charge in [-0.2, -0.15) is 4.98 Å². The van der Waals surface area contributed by atoms with E-state index in [4.69, 9.17) is 4.52 Å². The molecule has 0 radical (unpaired) electrons. The molecule has 0 atom stereocenters. The number of aromatic amines is 1. The quantitative estimate of drug-likeness (QED) is 0.563. The highest BCUT2D eigenvalue weighted by atomic mass is 16.5. The first-order valence-electron chi connectivity index (χ1n) is 8.75. The molecule has 1 N–H and O–H groups in total. The first kappa shape index (κ1) is 17.0. The third-order valence-corrected chi connectivity index (χ3v) is 4.40. The van der Waals surface area contributed by atoms with Gasteiger partial charge in [0.1, 0.15) is 0 Å². The van der Waals surface area contributed by atoms with Crippen molar-refractivity contribution < 1.29 is 4.52 Å². The molecule has 2 aromatic carbocycles. The van der Waals surface area contributed by atoms with Crippen LogP contribution in [0.1, 0.15) is 18.9 Å². The Labute approximate surface area is 154 Å². The normalized spacial score (nSPS) is 11.2. The van der Waals surface area contributed by atoms with Gasteiger partial charge in [-0.25, -0.2) is 0 Å². The molecule has 0 bridgehead atoms. The van der Waals surface area contributed by atoms with Gasteiger partial charge in [-0.05, 0) is 43.7 Å². The van der Waals surface area contributed by atoms with Crippen molar-refractivity contribution in [1.82, 2.24) is 19.7 Å². The number of benzene rings is 2. The molecule has 2 heterocycles. The van der Waals surface area contributed by atoms with E-state index in [2.05, 4.69) is 15.1 Å².